The number of phosphoric acid groups is 1. The second kappa shape index (κ2) is 48.7. The first-order valence-corrected chi connectivity index (χ1v) is 29.9. The van der Waals surface area contributed by atoms with Crippen LogP contribution < -0.4 is 5.32 Å². The first-order chi connectivity index (χ1) is 32.0. The van der Waals surface area contributed by atoms with Gasteiger partial charge in [-0.15, -0.1) is 0 Å². The van der Waals surface area contributed by atoms with Crippen molar-refractivity contribution in [2.75, 3.05) is 40.9 Å². The van der Waals surface area contributed by atoms with Gasteiger partial charge in [-0.05, 0) is 57.8 Å². The maximum absolute atomic E-state index is 12.9. The van der Waals surface area contributed by atoms with Crippen LogP contribution in [0.15, 0.2) is 36.5 Å². The molecule has 3 N–H and O–H groups in total. The van der Waals surface area contributed by atoms with Gasteiger partial charge in [0.1, 0.15) is 13.2 Å². The number of amides is 1. The summed E-state index contributed by atoms with van der Waals surface area (Å²) in [4.78, 5) is 23.1. The van der Waals surface area contributed by atoms with Gasteiger partial charge in [0, 0.05) is 6.42 Å². The Bertz CT molecular complexity index is 1170. The molecule has 0 aromatic rings. The summed E-state index contributed by atoms with van der Waals surface area (Å²) < 4.78 is 23.5. The van der Waals surface area contributed by atoms with E-state index in [0.29, 0.717) is 17.4 Å². The van der Waals surface area contributed by atoms with Gasteiger partial charge in [-0.25, -0.2) is 4.57 Å². The summed E-state index contributed by atoms with van der Waals surface area (Å²) in [6.07, 6.45) is 62.9. The highest BCUT2D eigenvalue weighted by atomic mass is 31.2. The van der Waals surface area contributed by atoms with Gasteiger partial charge in [0.25, 0.3) is 0 Å². The van der Waals surface area contributed by atoms with Gasteiger partial charge in [-0.2, -0.15) is 0 Å². The molecule has 0 aromatic heterocycles. The standard InChI is InChI=1S/C57H111N2O6P/c1-6-8-10-12-14-16-17-18-19-20-21-22-23-24-25-26-27-28-29-30-31-32-33-34-35-36-37-38-39-40-41-43-45-47-49-51-57(61)58-55(54-65-66(62,63)64-53-52-59(3,4)5)56(60)50-48-46-44-42-15-13-11-9-7-2/h15,26-27,42,48,50,55-56,60H,6-14,16-25,28-41,43-47,49,51-54H2,1-5H3,(H-,58,61,62,63)/p+1/b27-26-,42-15+,50-48+. The number of rotatable bonds is 52. The van der Waals surface area contributed by atoms with Crippen LogP contribution in [-0.2, 0) is 18.4 Å². The highest BCUT2D eigenvalue weighted by molar-refractivity contribution is 7.47. The van der Waals surface area contributed by atoms with Gasteiger partial charge in [-0.3, -0.25) is 13.8 Å². The summed E-state index contributed by atoms with van der Waals surface area (Å²) in [5.74, 6) is -0.187. The maximum atomic E-state index is 12.9. The van der Waals surface area contributed by atoms with Gasteiger partial charge in [0.05, 0.1) is 39.9 Å². The Morgan fingerprint density at radius 2 is 0.833 bits per heavy atom. The van der Waals surface area contributed by atoms with Gasteiger partial charge >= 0.3 is 7.82 Å². The smallest absolute Gasteiger partial charge is 0.387 e. The van der Waals surface area contributed by atoms with Crippen molar-refractivity contribution < 1.29 is 32.9 Å². The van der Waals surface area contributed by atoms with Gasteiger partial charge in [0.15, 0.2) is 0 Å². The fourth-order valence-corrected chi connectivity index (χ4v) is 9.08. The van der Waals surface area contributed by atoms with Crippen LogP contribution in [0.3, 0.4) is 0 Å². The molecule has 0 fully saturated rings. The molecule has 0 aliphatic carbocycles. The number of carbonyl (C=O) groups excluding carboxylic acids is 1. The summed E-state index contributed by atoms with van der Waals surface area (Å²) >= 11 is 0. The molecule has 0 saturated heterocycles. The molecule has 0 spiro atoms. The lowest BCUT2D eigenvalue weighted by Gasteiger charge is -2.25. The number of carbonyl (C=O) groups is 1. The number of aliphatic hydroxyl groups excluding tert-OH is 1. The molecule has 0 radical (unpaired) electrons. The Labute approximate surface area is 410 Å². The average molecular weight is 953 g/mol. The first kappa shape index (κ1) is 64.7. The summed E-state index contributed by atoms with van der Waals surface area (Å²) in [6.45, 7) is 4.76. The highest BCUT2D eigenvalue weighted by Gasteiger charge is 2.27. The normalized spacial score (nSPS) is 14.2. The Morgan fingerprint density at radius 1 is 0.500 bits per heavy atom. The van der Waals surface area contributed by atoms with Crippen molar-refractivity contribution in [2.45, 2.75) is 283 Å². The number of likely N-dealkylation sites (N-methyl/N-ethyl adjacent to an activating group) is 1. The number of hydrogen-bond acceptors (Lipinski definition) is 5. The lowest BCUT2D eigenvalue weighted by molar-refractivity contribution is -0.870. The lowest BCUT2D eigenvalue weighted by atomic mass is 10.0. The zero-order chi connectivity index (χ0) is 48.5. The maximum Gasteiger partial charge on any atom is 0.472 e. The molecule has 0 aromatic carbocycles. The van der Waals surface area contributed by atoms with E-state index in [2.05, 4.69) is 43.5 Å². The second-order valence-corrected chi connectivity index (χ2v) is 22.1. The van der Waals surface area contributed by atoms with Crippen molar-refractivity contribution in [1.82, 2.24) is 5.32 Å². The minimum atomic E-state index is -4.34. The van der Waals surface area contributed by atoms with E-state index in [9.17, 15) is 19.4 Å². The number of hydrogen-bond donors (Lipinski definition) is 3. The average Bonchev–Trinajstić information content (AvgIpc) is 3.28. The second-order valence-electron chi connectivity index (χ2n) is 20.7. The van der Waals surface area contributed by atoms with Crippen molar-refractivity contribution in [3.05, 3.63) is 36.5 Å². The zero-order valence-electron chi connectivity index (χ0n) is 44.4. The van der Waals surface area contributed by atoms with Crippen molar-refractivity contribution in [3.63, 3.8) is 0 Å². The van der Waals surface area contributed by atoms with Crippen molar-refractivity contribution >= 4 is 13.7 Å². The van der Waals surface area contributed by atoms with Crippen LogP contribution in [0.5, 0.6) is 0 Å². The molecule has 0 saturated carbocycles. The first-order valence-electron chi connectivity index (χ1n) is 28.4. The van der Waals surface area contributed by atoms with Crippen LogP contribution in [-0.4, -0.2) is 73.4 Å². The third kappa shape index (κ3) is 50.6. The van der Waals surface area contributed by atoms with Gasteiger partial charge < -0.3 is 19.8 Å². The lowest BCUT2D eigenvalue weighted by Crippen LogP contribution is -2.45. The molecule has 0 aliphatic heterocycles. The summed E-state index contributed by atoms with van der Waals surface area (Å²) in [5, 5.41) is 13.8. The molecule has 8 nitrogen and oxygen atoms in total. The Kier molecular flexibility index (Phi) is 47.8. The fraction of sp³-hybridized carbons (Fsp3) is 0.877. The van der Waals surface area contributed by atoms with E-state index in [4.69, 9.17) is 9.05 Å². The van der Waals surface area contributed by atoms with Crippen molar-refractivity contribution in [3.8, 4) is 0 Å². The third-order valence-electron chi connectivity index (χ3n) is 12.8. The van der Waals surface area contributed by atoms with Crippen LogP contribution in [0.1, 0.15) is 271 Å². The van der Waals surface area contributed by atoms with E-state index in [1.165, 1.54) is 212 Å². The van der Waals surface area contributed by atoms with E-state index in [1.54, 1.807) is 6.08 Å². The minimum Gasteiger partial charge on any atom is -0.387 e. The summed E-state index contributed by atoms with van der Waals surface area (Å²) in [5.41, 5.74) is 0. The van der Waals surface area contributed by atoms with Crippen molar-refractivity contribution in [2.24, 2.45) is 0 Å². The topological polar surface area (TPSA) is 105 Å². The monoisotopic (exact) mass is 952 g/mol. The largest absolute Gasteiger partial charge is 0.472 e. The quantitative estimate of drug-likeness (QED) is 0.0243. The van der Waals surface area contributed by atoms with E-state index < -0.39 is 20.0 Å². The molecule has 0 heterocycles. The predicted molar refractivity (Wildman–Crippen MR) is 286 cm³/mol. The number of nitrogens with zero attached hydrogens (tertiary/aromatic N) is 1. The van der Waals surface area contributed by atoms with Gasteiger partial charge in [-0.1, -0.05) is 243 Å². The third-order valence-corrected chi connectivity index (χ3v) is 13.8. The van der Waals surface area contributed by atoms with E-state index in [0.717, 1.165) is 38.5 Å². The fourth-order valence-electron chi connectivity index (χ4n) is 8.35. The molecular formula is C57H112N2O6P+. The number of quaternary nitrogens is 1. The number of aliphatic hydroxyl groups is 1. The van der Waals surface area contributed by atoms with Crippen LogP contribution in [0, 0.1) is 0 Å². The molecule has 0 aliphatic rings. The summed E-state index contributed by atoms with van der Waals surface area (Å²) in [7, 11) is 1.56. The van der Waals surface area contributed by atoms with E-state index in [-0.39, 0.29) is 19.1 Å². The SMILES string of the molecule is CCCCC/C=C/CC/C=C/C(O)C(COP(=O)(O)OCC[N+](C)(C)C)NC(=O)CCCCCCCCCCCCCCCCCCC/C=C\CCCCCCCCCCCCCCCC. The summed E-state index contributed by atoms with van der Waals surface area (Å²) in [6, 6.07) is -0.859. The molecule has 66 heavy (non-hydrogen) atoms. The van der Waals surface area contributed by atoms with Crippen LogP contribution in [0.25, 0.3) is 0 Å². The van der Waals surface area contributed by atoms with Gasteiger partial charge in [0.2, 0.25) is 5.91 Å². The molecule has 0 rings (SSSR count). The van der Waals surface area contributed by atoms with E-state index in [1.807, 2.05) is 27.2 Å². The zero-order valence-corrected chi connectivity index (χ0v) is 45.3. The number of phosphoric ester groups is 1. The van der Waals surface area contributed by atoms with Crippen molar-refractivity contribution in [1.29, 1.82) is 0 Å². The number of unbranched alkanes of at least 4 members (excludes halogenated alkanes) is 35. The van der Waals surface area contributed by atoms with Crippen LogP contribution in [0.2, 0.25) is 0 Å². The molecule has 390 valence electrons. The molecule has 1 amide bonds. The van der Waals surface area contributed by atoms with Crippen LogP contribution >= 0.6 is 7.82 Å². The van der Waals surface area contributed by atoms with E-state index >= 15 is 0 Å². The molecule has 3 unspecified atom stereocenters. The Morgan fingerprint density at radius 3 is 1.24 bits per heavy atom. The Hall–Kier alpha value is -1.28. The van der Waals surface area contributed by atoms with Crippen LogP contribution in [0.4, 0.5) is 0 Å². The molecule has 9 heteroatoms. The highest BCUT2D eigenvalue weighted by Crippen LogP contribution is 2.43. The Balaban J connectivity index is 3.87. The molecule has 3 atom stereocenters. The minimum absolute atomic E-state index is 0.0568. The predicted octanol–water partition coefficient (Wildman–Crippen LogP) is 17.0. The number of nitrogens with one attached hydrogen (secondary N) is 1. The number of allylic oxidation sites excluding steroid dienone is 5. The molecule has 0 bridgehead atoms. The molecular weight excluding hydrogens is 840 g/mol.